The number of fused-ring (bicyclic) bond motifs is 1. The van der Waals surface area contributed by atoms with E-state index in [1.807, 2.05) is 60.7 Å². The molecule has 1 spiro atoms. The van der Waals surface area contributed by atoms with Crippen molar-refractivity contribution in [3.63, 3.8) is 0 Å². The van der Waals surface area contributed by atoms with Crippen molar-refractivity contribution in [1.82, 2.24) is 20.0 Å². The predicted molar refractivity (Wildman–Crippen MR) is 208 cm³/mol. The molecule has 4 fully saturated rings. The third-order valence-electron chi connectivity index (χ3n) is 11.6. The number of carbonyl (C=O) groups is 4. The van der Waals surface area contributed by atoms with Gasteiger partial charge in [0, 0.05) is 46.3 Å². The summed E-state index contributed by atoms with van der Waals surface area (Å²) in [6, 6.07) is 16.0. The van der Waals surface area contributed by atoms with E-state index in [1.165, 1.54) is 12.0 Å². The van der Waals surface area contributed by atoms with E-state index in [0.717, 1.165) is 18.7 Å². The number of likely N-dealkylation sites (tertiary alicyclic amines) is 1. The first-order valence-corrected chi connectivity index (χ1v) is 19.8. The molecule has 0 aliphatic carbocycles. The van der Waals surface area contributed by atoms with Crippen LogP contribution in [0, 0.1) is 11.8 Å². The molecule has 0 radical (unpaired) electrons. The van der Waals surface area contributed by atoms with Crippen molar-refractivity contribution in [1.29, 1.82) is 0 Å². The molecule has 2 N–H and O–H groups in total. The summed E-state index contributed by atoms with van der Waals surface area (Å²) >= 11 is 0. The maximum Gasteiger partial charge on any atom is 0.313 e. The second kappa shape index (κ2) is 19.2. The van der Waals surface area contributed by atoms with Crippen molar-refractivity contribution in [2.45, 2.75) is 68.0 Å². The average molecular weight is 773 g/mol. The van der Waals surface area contributed by atoms with E-state index < -0.39 is 66.3 Å². The van der Waals surface area contributed by atoms with Crippen molar-refractivity contribution >= 4 is 23.7 Å². The zero-order valence-corrected chi connectivity index (χ0v) is 32.3. The summed E-state index contributed by atoms with van der Waals surface area (Å²) < 4.78 is 24.2. The SMILES string of the molecule is C=CCCC(=O)N[C@@H](COC)[C@@H](OC(=O)[C@@H]1[C@@H]2CC[C@]3(O2)[C@H](C(=O)N(CC=C)CCN2CCOCC2)N([C@@H](CO)Cc2ccccc2)C(=O)[C@@H]13)c1ccccc1. The number of morpholine rings is 1. The molecule has 2 aromatic carbocycles. The van der Waals surface area contributed by atoms with E-state index in [0.29, 0.717) is 57.6 Å². The van der Waals surface area contributed by atoms with E-state index in [9.17, 15) is 14.7 Å². The van der Waals surface area contributed by atoms with Crippen LogP contribution in [-0.2, 0) is 44.5 Å². The molecule has 8 atom stereocenters. The molecule has 302 valence electrons. The molecule has 0 unspecified atom stereocenters. The minimum Gasteiger partial charge on any atom is -0.455 e. The van der Waals surface area contributed by atoms with Gasteiger partial charge in [0.1, 0.15) is 17.7 Å². The number of nitrogens with zero attached hydrogens (tertiary/aromatic N) is 3. The van der Waals surface area contributed by atoms with Gasteiger partial charge in [0.25, 0.3) is 0 Å². The van der Waals surface area contributed by atoms with Gasteiger partial charge in [0.05, 0.1) is 56.5 Å². The smallest absolute Gasteiger partial charge is 0.313 e. The number of nitrogens with one attached hydrogen (secondary N) is 1. The molecule has 13 heteroatoms. The minimum absolute atomic E-state index is 0.0508. The lowest BCUT2D eigenvalue weighted by Gasteiger charge is -2.40. The molecule has 0 aromatic heterocycles. The highest BCUT2D eigenvalue weighted by molar-refractivity contribution is 5.98. The van der Waals surface area contributed by atoms with Crippen molar-refractivity contribution in [3.05, 3.63) is 97.1 Å². The van der Waals surface area contributed by atoms with Crippen LogP contribution in [0.25, 0.3) is 0 Å². The van der Waals surface area contributed by atoms with Gasteiger partial charge in [-0.3, -0.25) is 24.1 Å². The van der Waals surface area contributed by atoms with Crippen molar-refractivity contribution in [3.8, 4) is 0 Å². The molecule has 4 aliphatic rings. The van der Waals surface area contributed by atoms with Gasteiger partial charge in [-0.25, -0.2) is 0 Å². The Hall–Kier alpha value is -4.40. The van der Waals surface area contributed by atoms with Crippen LogP contribution >= 0.6 is 0 Å². The van der Waals surface area contributed by atoms with Gasteiger partial charge in [0.2, 0.25) is 17.7 Å². The number of amides is 3. The number of ether oxygens (including phenoxy) is 4. The van der Waals surface area contributed by atoms with Crippen LogP contribution < -0.4 is 5.32 Å². The number of allylic oxidation sites excluding steroid dienone is 1. The first-order chi connectivity index (χ1) is 27.3. The Balaban J connectivity index is 1.34. The van der Waals surface area contributed by atoms with E-state index in [-0.39, 0.29) is 31.4 Å². The average Bonchev–Trinajstić information content (AvgIpc) is 3.87. The van der Waals surface area contributed by atoms with Crippen molar-refractivity contribution < 1.29 is 43.2 Å². The topological polar surface area (TPSA) is 147 Å². The lowest BCUT2D eigenvalue weighted by molar-refractivity contribution is -0.163. The molecule has 0 saturated carbocycles. The number of benzene rings is 2. The summed E-state index contributed by atoms with van der Waals surface area (Å²) in [6.07, 6.45) is 3.50. The Kier molecular flexibility index (Phi) is 14.1. The van der Waals surface area contributed by atoms with Crippen LogP contribution in [0.15, 0.2) is 86.0 Å². The molecular formula is C43H56N4O9. The highest BCUT2D eigenvalue weighted by atomic mass is 16.6. The monoisotopic (exact) mass is 772 g/mol. The van der Waals surface area contributed by atoms with Crippen LogP contribution in [0.5, 0.6) is 0 Å². The van der Waals surface area contributed by atoms with Crippen LogP contribution in [0.1, 0.15) is 42.9 Å². The fourth-order valence-electron chi connectivity index (χ4n) is 9.00. The molecule has 4 saturated heterocycles. The van der Waals surface area contributed by atoms with Gasteiger partial charge in [0.15, 0.2) is 0 Å². The summed E-state index contributed by atoms with van der Waals surface area (Å²) in [5.74, 6) is -3.69. The molecule has 13 nitrogen and oxygen atoms in total. The Labute approximate surface area is 329 Å². The quantitative estimate of drug-likeness (QED) is 0.152. The molecule has 4 aliphatic heterocycles. The van der Waals surface area contributed by atoms with E-state index in [1.54, 1.807) is 17.1 Å². The first-order valence-electron chi connectivity index (χ1n) is 19.8. The molecule has 4 heterocycles. The first kappa shape index (κ1) is 41.2. The summed E-state index contributed by atoms with van der Waals surface area (Å²) in [4.78, 5) is 63.2. The molecule has 2 bridgehead atoms. The van der Waals surface area contributed by atoms with Gasteiger partial charge in [-0.05, 0) is 36.8 Å². The Morgan fingerprint density at radius 2 is 1.79 bits per heavy atom. The summed E-state index contributed by atoms with van der Waals surface area (Å²) in [6.45, 7) is 11.3. The van der Waals surface area contributed by atoms with Crippen LogP contribution in [0.4, 0.5) is 0 Å². The van der Waals surface area contributed by atoms with Gasteiger partial charge in [-0.15, -0.1) is 13.2 Å². The van der Waals surface area contributed by atoms with Crippen LogP contribution in [0.3, 0.4) is 0 Å². The number of hydrogen-bond acceptors (Lipinski definition) is 10. The number of methoxy groups -OCH3 is 1. The standard InChI is InChI=1S/C43H56N4O9/c1-4-6-17-35(49)44-33(29-53-3)38(31-15-11-8-12-16-31)55-42(52)36-34-18-19-43(56-34)37(36)40(50)47(32(28-48)27-30-13-9-7-10-14-30)39(43)41(51)46(20-5-2)22-21-45-23-25-54-26-24-45/h4-5,7-16,32-34,36-39,48H,1-2,6,17-29H2,3H3,(H,44,49)/t32-,33+,34+,36-,37-,38+,39+,43-/m1/s1. The van der Waals surface area contributed by atoms with Crippen LogP contribution in [-0.4, -0.2) is 140 Å². The third-order valence-corrected chi connectivity index (χ3v) is 11.6. The number of esters is 1. The Bertz CT molecular complexity index is 1670. The number of aliphatic hydroxyl groups is 1. The van der Waals surface area contributed by atoms with Crippen molar-refractivity contribution in [2.24, 2.45) is 11.8 Å². The lowest BCUT2D eigenvalue weighted by Crippen LogP contribution is -2.59. The van der Waals surface area contributed by atoms with E-state index in [4.69, 9.17) is 18.9 Å². The van der Waals surface area contributed by atoms with Gasteiger partial charge in [-0.1, -0.05) is 72.8 Å². The maximum absolute atomic E-state index is 15.0. The third kappa shape index (κ3) is 8.77. The molecule has 6 rings (SSSR count). The summed E-state index contributed by atoms with van der Waals surface area (Å²) in [5.41, 5.74) is 0.209. The largest absolute Gasteiger partial charge is 0.455 e. The zero-order valence-electron chi connectivity index (χ0n) is 32.3. The van der Waals surface area contributed by atoms with Gasteiger partial charge >= 0.3 is 5.97 Å². The summed E-state index contributed by atoms with van der Waals surface area (Å²) in [5, 5.41) is 13.9. The number of aliphatic hydroxyl groups excluding tert-OH is 1. The fourth-order valence-corrected chi connectivity index (χ4v) is 9.00. The van der Waals surface area contributed by atoms with Gasteiger partial charge < -0.3 is 39.2 Å². The normalized spacial score (nSPS) is 25.9. The van der Waals surface area contributed by atoms with E-state index in [2.05, 4.69) is 23.4 Å². The molecule has 3 amide bonds. The highest BCUT2D eigenvalue weighted by Gasteiger charge is 2.75. The number of hydrogen-bond donors (Lipinski definition) is 2. The van der Waals surface area contributed by atoms with E-state index >= 15 is 9.59 Å². The fraction of sp³-hybridized carbons (Fsp3) is 0.535. The molecular weight excluding hydrogens is 716 g/mol. The highest BCUT2D eigenvalue weighted by Crippen LogP contribution is 2.59. The second-order valence-corrected chi connectivity index (χ2v) is 15.1. The molecule has 2 aromatic rings. The Morgan fingerprint density at radius 3 is 2.45 bits per heavy atom. The Morgan fingerprint density at radius 1 is 1.07 bits per heavy atom. The second-order valence-electron chi connectivity index (χ2n) is 15.1. The number of rotatable bonds is 20. The minimum atomic E-state index is -1.32. The maximum atomic E-state index is 15.0. The molecule has 56 heavy (non-hydrogen) atoms. The number of carbonyl (C=O) groups excluding carboxylic acids is 4. The summed E-state index contributed by atoms with van der Waals surface area (Å²) in [7, 11) is 1.51. The van der Waals surface area contributed by atoms with Gasteiger partial charge in [-0.2, -0.15) is 0 Å². The zero-order chi connectivity index (χ0) is 39.7. The van der Waals surface area contributed by atoms with Crippen LogP contribution in [0.2, 0.25) is 0 Å². The lowest BCUT2D eigenvalue weighted by atomic mass is 9.70. The van der Waals surface area contributed by atoms with Crippen molar-refractivity contribution in [2.75, 3.05) is 66.3 Å². The predicted octanol–water partition coefficient (Wildman–Crippen LogP) is 2.69.